The largest absolute Gasteiger partial charge is 1.00 e. The predicted molar refractivity (Wildman–Crippen MR) is 31.6 cm³/mol. The molecule has 11 heavy (non-hydrogen) atoms. The molecule has 6 nitrogen and oxygen atoms in total. The van der Waals surface area contributed by atoms with Crippen molar-refractivity contribution in [2.45, 2.75) is 0 Å². The van der Waals surface area contributed by atoms with E-state index in [1.54, 1.807) is 0 Å². The Labute approximate surface area is 112 Å². The van der Waals surface area contributed by atoms with Gasteiger partial charge >= 0.3 is 75.6 Å². The minimum absolute atomic E-state index is 0. The molecule has 0 radical (unpaired) electrons. The first-order valence-corrected chi connectivity index (χ1v) is 3.50. The maximum Gasteiger partial charge on any atom is 1.00 e. The molecular formula is CH8Na2O6P2+2. The summed E-state index contributed by atoms with van der Waals surface area (Å²) in [6.45, 7) is 0. The molecule has 0 aromatic heterocycles. The van der Waals surface area contributed by atoms with Gasteiger partial charge < -0.3 is 8.85 Å². The fourth-order valence-electron chi connectivity index (χ4n) is 0. The van der Waals surface area contributed by atoms with Crippen LogP contribution < -0.4 is 59.1 Å². The van der Waals surface area contributed by atoms with E-state index >= 15 is 0 Å². The third-order valence-corrected chi connectivity index (χ3v) is 0. The van der Waals surface area contributed by atoms with Gasteiger partial charge in [-0.3, -0.25) is 0 Å². The van der Waals surface area contributed by atoms with Crippen LogP contribution in [-0.2, 0) is 9.13 Å². The van der Waals surface area contributed by atoms with Crippen LogP contribution in [0, 0.1) is 7.43 Å². The summed E-state index contributed by atoms with van der Waals surface area (Å²) >= 11 is 0. The smallest absolute Gasteiger partial charge is 1.00 e. The van der Waals surface area contributed by atoms with Crippen molar-refractivity contribution in [1.29, 1.82) is 0 Å². The van der Waals surface area contributed by atoms with Crippen LogP contribution in [0.2, 0.25) is 0 Å². The van der Waals surface area contributed by atoms with E-state index in [9.17, 15) is 0 Å². The molecule has 0 bridgehead atoms. The Bertz CT molecular complexity index is 81.5. The molecule has 0 aliphatic heterocycles. The minimum Gasteiger partial charge on any atom is -1.00 e. The summed E-state index contributed by atoms with van der Waals surface area (Å²) < 4.78 is 17.4. The van der Waals surface area contributed by atoms with Crippen molar-refractivity contribution in [3.05, 3.63) is 7.43 Å². The topological polar surface area (TPSA) is 115 Å². The summed E-state index contributed by atoms with van der Waals surface area (Å²) in [6, 6.07) is 0. The molecular weight excluding hydrogens is 216 g/mol. The molecule has 0 atom stereocenters. The van der Waals surface area contributed by atoms with Gasteiger partial charge in [0.1, 0.15) is 0 Å². The number of hydrogen-bond acceptors (Lipinski definition) is 2. The van der Waals surface area contributed by atoms with Gasteiger partial charge in [0.05, 0.1) is 0 Å². The molecule has 0 saturated heterocycles. The predicted octanol–water partition coefficient (Wildman–Crippen LogP) is -6.17. The number of rotatable bonds is 0. The molecule has 0 fully saturated rings. The van der Waals surface area contributed by atoms with Gasteiger partial charge in [-0.15, -0.1) is 19.6 Å². The molecule has 0 rings (SSSR count). The van der Waals surface area contributed by atoms with E-state index in [1.807, 2.05) is 0 Å². The summed E-state index contributed by atoms with van der Waals surface area (Å²) in [6.07, 6.45) is 0. The van der Waals surface area contributed by atoms with Gasteiger partial charge in [0, 0.05) is 9.13 Å². The molecule has 0 heterocycles. The van der Waals surface area contributed by atoms with Crippen molar-refractivity contribution >= 4 is 16.5 Å². The SMILES string of the molecule is O=[P+](O)O.O=[P+](O)O.[CH3-].[H-].[Na+].[Na+]. The van der Waals surface area contributed by atoms with Crippen molar-refractivity contribution < 1.29 is 89.2 Å². The third kappa shape index (κ3) is 292. The van der Waals surface area contributed by atoms with E-state index in [0.29, 0.717) is 0 Å². The molecule has 0 aromatic rings. The summed E-state index contributed by atoms with van der Waals surface area (Å²) in [4.78, 5) is 28.5. The Kier molecular flexibility index (Phi) is 60.4. The second-order valence-electron chi connectivity index (χ2n) is 0.505. The van der Waals surface area contributed by atoms with Crippen LogP contribution in [0.3, 0.4) is 0 Å². The van der Waals surface area contributed by atoms with Gasteiger partial charge in [0.15, 0.2) is 0 Å². The van der Waals surface area contributed by atoms with Gasteiger partial charge in [-0.05, 0) is 0 Å². The summed E-state index contributed by atoms with van der Waals surface area (Å²) in [7, 11) is -5.74. The van der Waals surface area contributed by atoms with Crippen molar-refractivity contribution in [2.75, 3.05) is 0 Å². The molecule has 58 valence electrons. The standard InChI is InChI=1S/CH3.2Na.2HO3P.H/c;;;2*1-4(2)3;/h1H3;;;2*(H-,1,2,3);/q-1;2*+1;;;-1/p+2. The average Bonchev–Trinajstić information content (AvgIpc) is 1.25. The molecule has 0 spiro atoms. The van der Waals surface area contributed by atoms with Gasteiger partial charge in [-0.25, -0.2) is 0 Å². The molecule has 0 aromatic carbocycles. The zero-order valence-corrected chi connectivity index (χ0v) is 12.3. The van der Waals surface area contributed by atoms with Gasteiger partial charge in [0.25, 0.3) is 0 Å². The summed E-state index contributed by atoms with van der Waals surface area (Å²) in [5.41, 5.74) is 0. The first kappa shape index (κ1) is 29.2. The molecule has 10 heteroatoms. The van der Waals surface area contributed by atoms with Gasteiger partial charge in [0.2, 0.25) is 0 Å². The van der Waals surface area contributed by atoms with Crippen molar-refractivity contribution in [2.24, 2.45) is 0 Å². The Morgan fingerprint density at radius 2 is 0.818 bits per heavy atom. The summed E-state index contributed by atoms with van der Waals surface area (Å²) in [5, 5.41) is 0. The zero-order valence-electron chi connectivity index (χ0n) is 7.50. The van der Waals surface area contributed by atoms with Gasteiger partial charge in [-0.2, -0.15) is 0 Å². The maximum absolute atomic E-state index is 8.70. The molecule has 0 saturated carbocycles. The monoisotopic (exact) mass is 224 g/mol. The first-order valence-electron chi connectivity index (χ1n) is 1.17. The quantitative estimate of drug-likeness (QED) is 0.185. The second-order valence-corrected chi connectivity index (χ2v) is 1.52. The Balaban J connectivity index is -0.0000000112. The average molecular weight is 224 g/mol. The maximum atomic E-state index is 8.70. The molecule has 0 aliphatic rings. The minimum atomic E-state index is -2.87. The Morgan fingerprint density at radius 1 is 0.818 bits per heavy atom. The molecule has 0 aliphatic carbocycles. The van der Waals surface area contributed by atoms with E-state index in [1.165, 1.54) is 0 Å². The summed E-state index contributed by atoms with van der Waals surface area (Å²) in [5.74, 6) is 0. The first-order chi connectivity index (χ1) is 3.46. The van der Waals surface area contributed by atoms with E-state index in [2.05, 4.69) is 0 Å². The Morgan fingerprint density at radius 3 is 0.818 bits per heavy atom. The van der Waals surface area contributed by atoms with Crippen LogP contribution in [0.15, 0.2) is 0 Å². The van der Waals surface area contributed by atoms with Crippen molar-refractivity contribution in [3.63, 3.8) is 0 Å². The zero-order chi connectivity index (χ0) is 7.15. The van der Waals surface area contributed by atoms with E-state index in [4.69, 9.17) is 28.7 Å². The second kappa shape index (κ2) is 22.7. The van der Waals surface area contributed by atoms with Gasteiger partial charge in [-0.1, -0.05) is 0 Å². The van der Waals surface area contributed by atoms with Crippen LogP contribution in [0.5, 0.6) is 0 Å². The fourth-order valence-corrected chi connectivity index (χ4v) is 0. The number of hydrogen-bond donors (Lipinski definition) is 4. The van der Waals surface area contributed by atoms with E-state index in [0.717, 1.165) is 0 Å². The van der Waals surface area contributed by atoms with Crippen molar-refractivity contribution in [3.8, 4) is 0 Å². The Hall–Kier alpha value is 2.04. The van der Waals surface area contributed by atoms with Crippen LogP contribution in [0.1, 0.15) is 1.43 Å². The van der Waals surface area contributed by atoms with Crippen molar-refractivity contribution in [1.82, 2.24) is 0 Å². The van der Waals surface area contributed by atoms with Crippen LogP contribution in [-0.4, -0.2) is 19.6 Å². The van der Waals surface area contributed by atoms with Crippen LogP contribution >= 0.6 is 16.5 Å². The van der Waals surface area contributed by atoms with Crippen LogP contribution in [0.4, 0.5) is 0 Å². The van der Waals surface area contributed by atoms with Crippen LogP contribution in [0.25, 0.3) is 0 Å². The molecule has 4 N–H and O–H groups in total. The van der Waals surface area contributed by atoms with E-state index < -0.39 is 16.5 Å². The fraction of sp³-hybridized carbons (Fsp3) is 0. The third-order valence-electron chi connectivity index (χ3n) is 0. The molecule has 0 unspecified atom stereocenters. The van der Waals surface area contributed by atoms with E-state index in [-0.39, 0.29) is 68.0 Å². The molecule has 0 amide bonds. The normalized spacial score (nSPS) is 4.73.